The lowest BCUT2D eigenvalue weighted by atomic mass is 10.2. The van der Waals surface area contributed by atoms with Crippen LogP contribution in [0.2, 0.25) is 5.02 Å². The van der Waals surface area contributed by atoms with Crippen molar-refractivity contribution in [2.75, 3.05) is 26.0 Å². The van der Waals surface area contributed by atoms with Gasteiger partial charge >= 0.3 is 0 Å². The molecule has 0 radical (unpaired) electrons. The van der Waals surface area contributed by atoms with E-state index >= 15 is 0 Å². The third-order valence-electron chi connectivity index (χ3n) is 3.21. The van der Waals surface area contributed by atoms with Crippen molar-refractivity contribution in [1.29, 1.82) is 0 Å². The Hall–Kier alpha value is -0.990. The molecule has 0 aliphatic carbocycles. The van der Waals surface area contributed by atoms with Gasteiger partial charge in [0.25, 0.3) is 0 Å². The van der Waals surface area contributed by atoms with E-state index < -0.39 is 10.0 Å². The number of thiazole rings is 1. The molecule has 1 aromatic heterocycles. The number of nitrogens with zero attached hydrogens (tertiary/aromatic N) is 1. The van der Waals surface area contributed by atoms with E-state index in [4.69, 9.17) is 16.3 Å². The highest BCUT2D eigenvalue weighted by molar-refractivity contribution is 7.89. The summed E-state index contributed by atoms with van der Waals surface area (Å²) in [4.78, 5) is 5.63. The Bertz CT molecular complexity index is 743. The largest absolute Gasteiger partial charge is 0.384 e. The zero-order chi connectivity index (χ0) is 16.9. The van der Waals surface area contributed by atoms with Gasteiger partial charge in [-0.15, -0.1) is 11.3 Å². The van der Waals surface area contributed by atoms with Crippen LogP contribution in [0.3, 0.4) is 0 Å². The van der Waals surface area contributed by atoms with Gasteiger partial charge in [-0.2, -0.15) is 0 Å². The molecule has 0 bridgehead atoms. The maximum atomic E-state index is 11.7. The molecule has 0 aliphatic heterocycles. The summed E-state index contributed by atoms with van der Waals surface area (Å²) in [5.41, 5.74) is 1.94. The Balaban J connectivity index is 1.98. The number of aryl methyl sites for hydroxylation is 1. The van der Waals surface area contributed by atoms with Crippen LogP contribution in [-0.2, 0) is 21.2 Å². The molecule has 1 heterocycles. The first kappa shape index (κ1) is 18.4. The Morgan fingerprint density at radius 3 is 2.65 bits per heavy atom. The molecule has 126 valence electrons. The molecule has 0 saturated carbocycles. The van der Waals surface area contributed by atoms with Crippen LogP contribution in [0.25, 0.3) is 10.6 Å². The number of aromatic nitrogens is 1. The van der Waals surface area contributed by atoms with Gasteiger partial charge in [0.15, 0.2) is 0 Å². The van der Waals surface area contributed by atoms with Crippen LogP contribution < -0.4 is 4.72 Å². The predicted octanol–water partition coefficient (Wildman–Crippen LogP) is 2.88. The fourth-order valence-electron chi connectivity index (χ4n) is 1.96. The van der Waals surface area contributed by atoms with Gasteiger partial charge in [-0.3, -0.25) is 0 Å². The fourth-order valence-corrected chi connectivity index (χ4v) is 4.10. The zero-order valence-electron chi connectivity index (χ0n) is 13.0. The molecule has 8 heteroatoms. The van der Waals surface area contributed by atoms with Gasteiger partial charge in [0.2, 0.25) is 10.0 Å². The van der Waals surface area contributed by atoms with Crippen molar-refractivity contribution in [3.05, 3.63) is 39.9 Å². The molecule has 23 heavy (non-hydrogen) atoms. The van der Waals surface area contributed by atoms with Crippen LogP contribution in [0.15, 0.2) is 24.3 Å². The summed E-state index contributed by atoms with van der Waals surface area (Å²) in [6.07, 6.45) is 0.614. The highest BCUT2D eigenvalue weighted by atomic mass is 35.5. The van der Waals surface area contributed by atoms with Crippen LogP contribution in [0, 0.1) is 6.92 Å². The molecule has 1 N–H and O–H groups in total. The van der Waals surface area contributed by atoms with Gasteiger partial charge in [-0.1, -0.05) is 23.7 Å². The van der Waals surface area contributed by atoms with Gasteiger partial charge in [0.1, 0.15) is 5.01 Å². The molecule has 0 spiro atoms. The van der Waals surface area contributed by atoms with E-state index in [0.717, 1.165) is 21.1 Å². The summed E-state index contributed by atoms with van der Waals surface area (Å²) < 4.78 is 30.8. The molecular formula is C15H19ClN2O3S2. The normalized spacial score (nSPS) is 11.8. The third kappa shape index (κ3) is 5.54. The van der Waals surface area contributed by atoms with Gasteiger partial charge in [-0.05, 0) is 25.5 Å². The summed E-state index contributed by atoms with van der Waals surface area (Å²) >= 11 is 7.47. The molecule has 2 aromatic rings. The van der Waals surface area contributed by atoms with Crippen LogP contribution in [-0.4, -0.2) is 39.4 Å². The SMILES string of the molecule is COCCS(=O)(=O)NCCc1sc(-c2ccc(Cl)cc2)nc1C. The third-order valence-corrected chi connectivity index (χ3v) is 6.08. The fraction of sp³-hybridized carbons (Fsp3) is 0.400. The minimum Gasteiger partial charge on any atom is -0.384 e. The first-order valence-electron chi connectivity index (χ1n) is 7.10. The van der Waals surface area contributed by atoms with E-state index in [1.54, 1.807) is 11.3 Å². The maximum Gasteiger partial charge on any atom is 0.213 e. The van der Waals surface area contributed by atoms with Crippen molar-refractivity contribution in [3.63, 3.8) is 0 Å². The van der Waals surface area contributed by atoms with Crippen LogP contribution in [0.5, 0.6) is 0 Å². The average molecular weight is 375 g/mol. The number of nitrogens with one attached hydrogen (secondary N) is 1. The van der Waals surface area contributed by atoms with Gasteiger partial charge in [0.05, 0.1) is 18.1 Å². The summed E-state index contributed by atoms with van der Waals surface area (Å²) in [6, 6.07) is 7.52. The monoisotopic (exact) mass is 374 g/mol. The highest BCUT2D eigenvalue weighted by Crippen LogP contribution is 2.28. The first-order chi connectivity index (χ1) is 10.9. The van der Waals surface area contributed by atoms with Crippen molar-refractivity contribution < 1.29 is 13.2 Å². The number of hydrogen-bond acceptors (Lipinski definition) is 5. The molecule has 0 amide bonds. The molecule has 0 atom stereocenters. The van der Waals surface area contributed by atoms with E-state index in [2.05, 4.69) is 9.71 Å². The van der Waals surface area contributed by atoms with Crippen molar-refractivity contribution in [2.45, 2.75) is 13.3 Å². The molecular weight excluding hydrogens is 356 g/mol. The minimum atomic E-state index is -3.28. The lowest BCUT2D eigenvalue weighted by molar-refractivity contribution is 0.217. The molecule has 0 unspecified atom stereocenters. The van der Waals surface area contributed by atoms with Crippen molar-refractivity contribution in [1.82, 2.24) is 9.71 Å². The van der Waals surface area contributed by atoms with E-state index in [1.165, 1.54) is 7.11 Å². The number of ether oxygens (including phenoxy) is 1. The molecule has 5 nitrogen and oxygen atoms in total. The Kier molecular flexibility index (Phi) is 6.55. The van der Waals surface area contributed by atoms with Crippen molar-refractivity contribution in [3.8, 4) is 10.6 Å². The highest BCUT2D eigenvalue weighted by Gasteiger charge is 2.12. The lowest BCUT2D eigenvalue weighted by Crippen LogP contribution is -2.29. The smallest absolute Gasteiger partial charge is 0.213 e. The van der Waals surface area contributed by atoms with Crippen LogP contribution in [0.4, 0.5) is 0 Å². The maximum absolute atomic E-state index is 11.7. The second-order valence-corrected chi connectivity index (χ2v) is 8.44. The van der Waals surface area contributed by atoms with Crippen molar-refractivity contribution in [2.24, 2.45) is 0 Å². The molecule has 0 aliphatic rings. The number of sulfonamides is 1. The second-order valence-electron chi connectivity index (χ2n) is 4.99. The Morgan fingerprint density at radius 2 is 2.00 bits per heavy atom. The summed E-state index contributed by atoms with van der Waals surface area (Å²) in [5.74, 6) is -0.0266. The van der Waals surface area contributed by atoms with Crippen LogP contribution >= 0.6 is 22.9 Å². The topological polar surface area (TPSA) is 68.3 Å². The predicted molar refractivity (Wildman–Crippen MR) is 94.7 cm³/mol. The molecule has 1 aromatic carbocycles. The van der Waals surface area contributed by atoms with E-state index in [9.17, 15) is 8.42 Å². The zero-order valence-corrected chi connectivity index (χ0v) is 15.4. The van der Waals surface area contributed by atoms with E-state index in [0.29, 0.717) is 18.0 Å². The number of hydrogen-bond donors (Lipinski definition) is 1. The van der Waals surface area contributed by atoms with E-state index in [-0.39, 0.29) is 12.4 Å². The second kappa shape index (κ2) is 8.21. The quantitative estimate of drug-likeness (QED) is 0.771. The number of rotatable bonds is 8. The van der Waals surface area contributed by atoms with Gasteiger partial charge in [-0.25, -0.2) is 18.1 Å². The minimum absolute atomic E-state index is 0.0266. The van der Waals surface area contributed by atoms with Crippen molar-refractivity contribution >= 4 is 33.0 Å². The summed E-state index contributed by atoms with van der Waals surface area (Å²) in [5, 5.41) is 1.60. The number of benzene rings is 1. The lowest BCUT2D eigenvalue weighted by Gasteiger charge is -2.05. The summed E-state index contributed by atoms with van der Waals surface area (Å²) in [7, 11) is -1.80. The Morgan fingerprint density at radius 1 is 1.30 bits per heavy atom. The molecule has 0 fully saturated rings. The molecule has 0 saturated heterocycles. The average Bonchev–Trinajstić information content (AvgIpc) is 2.87. The van der Waals surface area contributed by atoms with Gasteiger partial charge in [0, 0.05) is 29.1 Å². The first-order valence-corrected chi connectivity index (χ1v) is 9.94. The number of methoxy groups -OCH3 is 1. The standard InChI is InChI=1S/C15H19ClN2O3S2/c1-11-14(7-8-17-23(19,20)10-9-21-2)22-15(18-11)12-3-5-13(16)6-4-12/h3-6,17H,7-10H2,1-2H3. The summed E-state index contributed by atoms with van der Waals surface area (Å²) in [6.45, 7) is 2.48. The number of halogens is 1. The van der Waals surface area contributed by atoms with Crippen LogP contribution in [0.1, 0.15) is 10.6 Å². The Labute approximate surface area is 145 Å². The van der Waals surface area contributed by atoms with E-state index in [1.807, 2.05) is 31.2 Å². The van der Waals surface area contributed by atoms with Gasteiger partial charge < -0.3 is 4.74 Å². The molecule has 2 rings (SSSR count).